The Morgan fingerprint density at radius 3 is 2.90 bits per heavy atom. The third-order valence-electron chi connectivity index (χ3n) is 4.01. The van der Waals surface area contributed by atoms with E-state index in [1.165, 1.54) is 25.3 Å². The summed E-state index contributed by atoms with van der Waals surface area (Å²) in [7, 11) is 0. The van der Waals surface area contributed by atoms with Gasteiger partial charge in [0.1, 0.15) is 0 Å². The Balaban J connectivity index is 2.09. The number of hydrogen-bond acceptors (Lipinski definition) is 4. The van der Waals surface area contributed by atoms with Gasteiger partial charge in [0, 0.05) is 25.2 Å². The number of nitro groups is 1. The fourth-order valence-corrected chi connectivity index (χ4v) is 3.02. The van der Waals surface area contributed by atoms with E-state index in [2.05, 4.69) is 17.1 Å². The second-order valence-corrected chi connectivity index (χ2v) is 5.88. The summed E-state index contributed by atoms with van der Waals surface area (Å²) in [5.74, 6) is 0. The third-order valence-corrected chi connectivity index (χ3v) is 4.36. The lowest BCUT2D eigenvalue weighted by molar-refractivity contribution is -0.385. The molecule has 0 amide bonds. The molecule has 1 aromatic rings. The van der Waals surface area contributed by atoms with Crippen molar-refractivity contribution >= 4 is 17.3 Å². The number of benzene rings is 1. The van der Waals surface area contributed by atoms with E-state index in [-0.39, 0.29) is 10.6 Å². The summed E-state index contributed by atoms with van der Waals surface area (Å²) in [6.07, 6.45) is 3.65. The van der Waals surface area contributed by atoms with Crippen molar-refractivity contribution in [3.8, 4) is 0 Å². The van der Waals surface area contributed by atoms with Gasteiger partial charge >= 0.3 is 0 Å². The molecule has 1 aliphatic heterocycles. The molecule has 0 spiro atoms. The van der Waals surface area contributed by atoms with Gasteiger partial charge in [-0.1, -0.05) is 31.0 Å². The normalized spacial score (nSPS) is 18.9. The van der Waals surface area contributed by atoms with Crippen LogP contribution in [0.25, 0.3) is 0 Å². The number of nitrogens with one attached hydrogen (secondary N) is 1. The molecule has 0 saturated carbocycles. The van der Waals surface area contributed by atoms with Gasteiger partial charge in [-0.2, -0.15) is 0 Å². The first-order chi connectivity index (χ1) is 10.1. The van der Waals surface area contributed by atoms with Crippen LogP contribution < -0.4 is 5.32 Å². The first-order valence-electron chi connectivity index (χ1n) is 7.49. The number of likely N-dealkylation sites (N-methyl/N-ethyl adjacent to an activating group) is 1. The fraction of sp³-hybridized carbons (Fsp3) is 0.600. The molecule has 0 aromatic heterocycles. The Hall–Kier alpha value is -1.17. The van der Waals surface area contributed by atoms with Gasteiger partial charge in [-0.05, 0) is 32.0 Å². The third kappa shape index (κ3) is 4.40. The SMILES string of the molecule is CCN(Cc1c(Cl)cccc1[N+](=O)[O-])CC1CCCCN1. The molecular formula is C15H22ClN3O2. The predicted octanol–water partition coefficient (Wildman–Crippen LogP) is 3.21. The average molecular weight is 312 g/mol. The van der Waals surface area contributed by atoms with Crippen LogP contribution in [0.4, 0.5) is 5.69 Å². The predicted molar refractivity (Wildman–Crippen MR) is 84.7 cm³/mol. The molecule has 1 N–H and O–H groups in total. The van der Waals surface area contributed by atoms with E-state index in [0.29, 0.717) is 23.2 Å². The van der Waals surface area contributed by atoms with Crippen molar-refractivity contribution in [3.05, 3.63) is 38.9 Å². The zero-order valence-electron chi connectivity index (χ0n) is 12.3. The van der Waals surface area contributed by atoms with E-state index < -0.39 is 0 Å². The van der Waals surface area contributed by atoms with Crippen LogP contribution in [0.1, 0.15) is 31.7 Å². The zero-order chi connectivity index (χ0) is 15.2. The molecule has 0 aliphatic carbocycles. The Morgan fingerprint density at radius 1 is 1.48 bits per heavy atom. The lowest BCUT2D eigenvalue weighted by Gasteiger charge is -2.30. The van der Waals surface area contributed by atoms with Crippen LogP contribution in [-0.2, 0) is 6.54 Å². The number of piperidine rings is 1. The molecule has 21 heavy (non-hydrogen) atoms. The Morgan fingerprint density at radius 2 is 2.29 bits per heavy atom. The summed E-state index contributed by atoms with van der Waals surface area (Å²) in [5, 5.41) is 15.1. The average Bonchev–Trinajstić information content (AvgIpc) is 2.49. The number of rotatable bonds is 6. The first kappa shape index (κ1) is 16.2. The standard InChI is InChI=1S/C15H22ClN3O2/c1-2-18(10-12-6-3-4-9-17-12)11-13-14(16)7-5-8-15(13)19(20)21/h5,7-8,12,17H,2-4,6,9-11H2,1H3. The molecule has 1 aromatic carbocycles. The number of nitrogens with zero attached hydrogens (tertiary/aromatic N) is 2. The topological polar surface area (TPSA) is 58.4 Å². The summed E-state index contributed by atoms with van der Waals surface area (Å²) >= 11 is 6.17. The molecule has 1 aliphatic rings. The van der Waals surface area contributed by atoms with Gasteiger partial charge in [-0.25, -0.2) is 0 Å². The van der Waals surface area contributed by atoms with Crippen molar-refractivity contribution in [2.45, 2.75) is 38.8 Å². The lowest BCUT2D eigenvalue weighted by Crippen LogP contribution is -2.43. The fourth-order valence-electron chi connectivity index (χ4n) is 2.80. The maximum Gasteiger partial charge on any atom is 0.275 e. The van der Waals surface area contributed by atoms with E-state index in [4.69, 9.17) is 11.6 Å². The highest BCUT2D eigenvalue weighted by molar-refractivity contribution is 6.31. The molecule has 6 heteroatoms. The van der Waals surface area contributed by atoms with Gasteiger partial charge < -0.3 is 5.32 Å². The molecule has 0 radical (unpaired) electrons. The molecule has 2 rings (SSSR count). The van der Waals surface area contributed by atoms with E-state index >= 15 is 0 Å². The summed E-state index contributed by atoms with van der Waals surface area (Å²) in [5.41, 5.74) is 0.722. The minimum atomic E-state index is -0.353. The van der Waals surface area contributed by atoms with Gasteiger partial charge in [-0.15, -0.1) is 0 Å². The molecular weight excluding hydrogens is 290 g/mol. The van der Waals surface area contributed by atoms with Gasteiger partial charge in [0.25, 0.3) is 5.69 Å². The quantitative estimate of drug-likeness (QED) is 0.647. The largest absolute Gasteiger partial charge is 0.313 e. The summed E-state index contributed by atoms with van der Waals surface area (Å²) in [6, 6.07) is 5.34. The van der Waals surface area contributed by atoms with Crippen LogP contribution >= 0.6 is 11.6 Å². The molecule has 1 fully saturated rings. The monoisotopic (exact) mass is 311 g/mol. The number of nitro benzene ring substituents is 1. The molecule has 1 atom stereocenters. The summed E-state index contributed by atoms with van der Waals surface area (Å²) < 4.78 is 0. The summed E-state index contributed by atoms with van der Waals surface area (Å²) in [4.78, 5) is 13.0. The van der Waals surface area contributed by atoms with Crippen LogP contribution in [0.15, 0.2) is 18.2 Å². The number of hydrogen-bond donors (Lipinski definition) is 1. The van der Waals surface area contributed by atoms with Crippen molar-refractivity contribution < 1.29 is 4.92 Å². The maximum absolute atomic E-state index is 11.1. The zero-order valence-corrected chi connectivity index (χ0v) is 13.1. The second-order valence-electron chi connectivity index (χ2n) is 5.47. The van der Waals surface area contributed by atoms with Crippen LogP contribution in [0.3, 0.4) is 0 Å². The van der Waals surface area contributed by atoms with Crippen molar-refractivity contribution in [1.82, 2.24) is 10.2 Å². The first-order valence-corrected chi connectivity index (χ1v) is 7.87. The molecule has 116 valence electrons. The molecule has 1 heterocycles. The Bertz CT molecular complexity index is 490. The van der Waals surface area contributed by atoms with E-state index in [1.807, 2.05) is 0 Å². The highest BCUT2D eigenvalue weighted by atomic mass is 35.5. The van der Waals surface area contributed by atoms with Crippen molar-refractivity contribution in [3.63, 3.8) is 0 Å². The highest BCUT2D eigenvalue weighted by Crippen LogP contribution is 2.27. The van der Waals surface area contributed by atoms with Crippen molar-refractivity contribution in [2.24, 2.45) is 0 Å². The Kier molecular flexibility index (Phi) is 5.96. The van der Waals surface area contributed by atoms with Crippen molar-refractivity contribution in [1.29, 1.82) is 0 Å². The minimum absolute atomic E-state index is 0.109. The van der Waals surface area contributed by atoms with Crippen LogP contribution in [0, 0.1) is 10.1 Å². The van der Waals surface area contributed by atoms with Crippen LogP contribution in [0.2, 0.25) is 5.02 Å². The smallest absolute Gasteiger partial charge is 0.275 e. The van der Waals surface area contributed by atoms with E-state index in [1.54, 1.807) is 12.1 Å². The van der Waals surface area contributed by atoms with Crippen molar-refractivity contribution in [2.75, 3.05) is 19.6 Å². The molecule has 1 unspecified atom stereocenters. The highest BCUT2D eigenvalue weighted by Gasteiger charge is 2.21. The molecule has 5 nitrogen and oxygen atoms in total. The van der Waals surface area contributed by atoms with Gasteiger partial charge in [0.2, 0.25) is 0 Å². The lowest BCUT2D eigenvalue weighted by atomic mass is 10.0. The van der Waals surface area contributed by atoms with E-state index in [0.717, 1.165) is 19.6 Å². The number of halogens is 1. The van der Waals surface area contributed by atoms with Gasteiger partial charge in [0.05, 0.1) is 15.5 Å². The second kappa shape index (κ2) is 7.73. The van der Waals surface area contributed by atoms with E-state index in [9.17, 15) is 10.1 Å². The van der Waals surface area contributed by atoms with Crippen LogP contribution in [-0.4, -0.2) is 35.5 Å². The maximum atomic E-state index is 11.1. The van der Waals surface area contributed by atoms with Gasteiger partial charge in [0.15, 0.2) is 0 Å². The molecule has 1 saturated heterocycles. The molecule has 0 bridgehead atoms. The van der Waals surface area contributed by atoms with Crippen LogP contribution in [0.5, 0.6) is 0 Å². The minimum Gasteiger partial charge on any atom is -0.313 e. The Labute approximate surface area is 130 Å². The van der Waals surface area contributed by atoms with Gasteiger partial charge in [-0.3, -0.25) is 15.0 Å². The summed E-state index contributed by atoms with van der Waals surface area (Å²) in [6.45, 7) is 5.41.